The molecule has 54 heavy (non-hydrogen) atoms. The first kappa shape index (κ1) is 40.2. The van der Waals surface area contributed by atoms with Crippen molar-refractivity contribution in [1.29, 1.82) is 0 Å². The molecule has 2 fully saturated rings. The van der Waals surface area contributed by atoms with Crippen molar-refractivity contribution < 1.29 is 28.5 Å². The van der Waals surface area contributed by atoms with Crippen LogP contribution in [0.15, 0.2) is 64.6 Å². The van der Waals surface area contributed by atoms with Crippen molar-refractivity contribution in [3.63, 3.8) is 0 Å². The maximum Gasteiger partial charge on any atom is 0.410 e. The fraction of sp³-hybridized carbons (Fsp3) is 0.450. The van der Waals surface area contributed by atoms with Gasteiger partial charge in [0.25, 0.3) is 0 Å². The SMILES string of the molecule is CC(C)(C)OC(=O)C1CCCN1COc1ccc2sccc2c1.CC(C)(C)OC(=O)N1CCC[C@H]1COc1ccc2sc(-c3nc(Cl)ncc3Br)cc2c1. The molecule has 2 aromatic carbocycles. The summed E-state index contributed by atoms with van der Waals surface area (Å²) in [6, 6.07) is 16.1. The highest BCUT2D eigenvalue weighted by atomic mass is 79.9. The van der Waals surface area contributed by atoms with Gasteiger partial charge in [-0.15, -0.1) is 22.7 Å². The van der Waals surface area contributed by atoms with E-state index in [0.29, 0.717) is 19.9 Å². The Morgan fingerprint density at radius 1 is 0.889 bits per heavy atom. The Morgan fingerprint density at radius 2 is 1.59 bits per heavy atom. The lowest BCUT2D eigenvalue weighted by Crippen LogP contribution is -2.42. The fourth-order valence-corrected chi connectivity index (χ4v) is 8.80. The molecule has 2 atom stereocenters. The Labute approximate surface area is 337 Å². The standard InChI is InChI=1S/C22H23BrClN3O3S.C18H23NO3S/c1-22(2,3)30-21(28)27-8-4-5-14(27)12-29-15-6-7-17-13(9-15)10-18(31-17)19-16(23)11-25-20(24)26-19;1-18(2,3)22-17(20)15-5-4-9-19(15)12-21-14-6-7-16-13(11-14)8-10-23-16/h6-7,9-11,14H,4-5,8,12H2,1-3H3;6-8,10-11,15H,4-5,9,12H2,1-3H3/t14-;/m0./s1. The minimum atomic E-state index is -0.504. The molecular formula is C40H46BrClN4O6S2. The van der Waals surface area contributed by atoms with Crippen LogP contribution in [0, 0.1) is 0 Å². The van der Waals surface area contributed by atoms with Gasteiger partial charge in [-0.3, -0.25) is 9.69 Å². The number of aromatic nitrogens is 2. The van der Waals surface area contributed by atoms with Crippen LogP contribution in [0.2, 0.25) is 5.28 Å². The monoisotopic (exact) mass is 856 g/mol. The summed E-state index contributed by atoms with van der Waals surface area (Å²) in [4.78, 5) is 37.9. The number of hydrogen-bond acceptors (Lipinski definition) is 11. The van der Waals surface area contributed by atoms with E-state index in [1.165, 1.54) is 10.1 Å². The molecule has 2 aliphatic heterocycles. The van der Waals surface area contributed by atoms with Crippen LogP contribution in [0.3, 0.4) is 0 Å². The van der Waals surface area contributed by atoms with Gasteiger partial charge < -0.3 is 23.8 Å². The van der Waals surface area contributed by atoms with Crippen LogP contribution in [-0.2, 0) is 14.3 Å². The zero-order chi connectivity index (χ0) is 38.6. The molecule has 0 aliphatic carbocycles. The molecule has 5 heterocycles. The largest absolute Gasteiger partial charge is 0.491 e. The molecule has 0 N–H and O–H groups in total. The van der Waals surface area contributed by atoms with E-state index >= 15 is 0 Å². The molecule has 14 heteroatoms. The number of nitrogens with zero attached hydrogens (tertiary/aromatic N) is 4. The van der Waals surface area contributed by atoms with E-state index in [1.807, 2.05) is 71.9 Å². The minimum Gasteiger partial charge on any atom is -0.491 e. The van der Waals surface area contributed by atoms with Crippen LogP contribution in [0.5, 0.6) is 11.5 Å². The zero-order valence-electron chi connectivity index (χ0n) is 31.4. The molecule has 2 saturated heterocycles. The summed E-state index contributed by atoms with van der Waals surface area (Å²) < 4.78 is 26.2. The summed E-state index contributed by atoms with van der Waals surface area (Å²) in [6.45, 7) is 13.8. The average Bonchev–Trinajstić information content (AvgIpc) is 3.92. The topological polar surface area (TPSA) is 103 Å². The van der Waals surface area contributed by atoms with E-state index in [1.54, 1.807) is 33.8 Å². The lowest BCUT2D eigenvalue weighted by atomic mass is 10.1. The molecular weight excluding hydrogens is 812 g/mol. The Bertz CT molecular complexity index is 2090. The summed E-state index contributed by atoms with van der Waals surface area (Å²) in [5, 5.41) is 4.55. The van der Waals surface area contributed by atoms with E-state index in [9.17, 15) is 9.59 Å². The Hall–Kier alpha value is -3.49. The molecule has 1 unspecified atom stereocenters. The summed E-state index contributed by atoms with van der Waals surface area (Å²) in [5.41, 5.74) is -0.186. The van der Waals surface area contributed by atoms with Gasteiger partial charge in [-0.2, -0.15) is 0 Å². The van der Waals surface area contributed by atoms with Crippen LogP contribution in [0.4, 0.5) is 4.79 Å². The molecule has 5 aromatic rings. The Kier molecular flexibility index (Phi) is 12.7. The lowest BCUT2D eigenvalue weighted by molar-refractivity contribution is -0.161. The number of benzene rings is 2. The maximum atomic E-state index is 12.5. The number of thiophene rings is 2. The smallest absolute Gasteiger partial charge is 0.410 e. The van der Waals surface area contributed by atoms with Gasteiger partial charge in [0.15, 0.2) is 0 Å². The first-order valence-corrected chi connectivity index (χ1v) is 20.9. The van der Waals surface area contributed by atoms with Crippen molar-refractivity contribution in [2.75, 3.05) is 26.4 Å². The zero-order valence-corrected chi connectivity index (χ0v) is 35.4. The van der Waals surface area contributed by atoms with Gasteiger partial charge in [-0.1, -0.05) is 0 Å². The quantitative estimate of drug-likeness (QED) is 0.111. The first-order valence-electron chi connectivity index (χ1n) is 18.0. The molecule has 7 rings (SSSR count). The number of amides is 1. The summed E-state index contributed by atoms with van der Waals surface area (Å²) in [5.74, 6) is 1.46. The van der Waals surface area contributed by atoms with Gasteiger partial charge >= 0.3 is 12.1 Å². The third-order valence-corrected chi connectivity index (χ3v) is 11.5. The number of esters is 1. The highest BCUT2D eigenvalue weighted by Gasteiger charge is 2.35. The number of ether oxygens (including phenoxy) is 4. The van der Waals surface area contributed by atoms with Crippen molar-refractivity contribution in [3.05, 3.63) is 69.9 Å². The van der Waals surface area contributed by atoms with E-state index < -0.39 is 11.2 Å². The summed E-state index contributed by atoms with van der Waals surface area (Å²) in [7, 11) is 0. The second-order valence-electron chi connectivity index (χ2n) is 15.3. The van der Waals surface area contributed by atoms with Gasteiger partial charge in [0.1, 0.15) is 42.1 Å². The average molecular weight is 858 g/mol. The van der Waals surface area contributed by atoms with E-state index in [2.05, 4.69) is 54.4 Å². The van der Waals surface area contributed by atoms with Crippen molar-refractivity contribution in [2.45, 2.75) is 90.5 Å². The van der Waals surface area contributed by atoms with Crippen LogP contribution in [0.25, 0.3) is 30.7 Å². The molecule has 0 bridgehead atoms. The van der Waals surface area contributed by atoms with E-state index in [0.717, 1.165) is 68.9 Å². The molecule has 3 aromatic heterocycles. The number of hydrogen-bond donors (Lipinski definition) is 0. The number of fused-ring (bicyclic) bond motifs is 2. The van der Waals surface area contributed by atoms with Crippen molar-refractivity contribution in [2.24, 2.45) is 0 Å². The first-order chi connectivity index (χ1) is 25.6. The third-order valence-electron chi connectivity index (χ3n) is 8.75. The highest BCUT2D eigenvalue weighted by molar-refractivity contribution is 9.10. The molecule has 10 nitrogen and oxygen atoms in total. The Balaban J connectivity index is 0.000000193. The molecule has 0 saturated carbocycles. The second kappa shape index (κ2) is 17.1. The molecule has 1 amide bonds. The Morgan fingerprint density at radius 3 is 2.35 bits per heavy atom. The molecule has 0 spiro atoms. The van der Waals surface area contributed by atoms with Gasteiger partial charge in [0.2, 0.25) is 5.28 Å². The van der Waals surface area contributed by atoms with E-state index in [4.69, 9.17) is 30.5 Å². The predicted octanol–water partition coefficient (Wildman–Crippen LogP) is 10.6. The van der Waals surface area contributed by atoms with Crippen LogP contribution in [-0.4, -0.2) is 81.5 Å². The summed E-state index contributed by atoms with van der Waals surface area (Å²) in [6.07, 6.45) is 5.08. The van der Waals surface area contributed by atoms with E-state index in [-0.39, 0.29) is 29.4 Å². The molecule has 288 valence electrons. The predicted molar refractivity (Wildman–Crippen MR) is 220 cm³/mol. The normalized spacial score (nSPS) is 17.7. The summed E-state index contributed by atoms with van der Waals surface area (Å²) >= 11 is 12.8. The number of carbonyl (C=O) groups excluding carboxylic acids is 2. The number of halogens is 2. The van der Waals surface area contributed by atoms with Gasteiger partial charge in [-0.25, -0.2) is 14.8 Å². The van der Waals surface area contributed by atoms with Crippen molar-refractivity contribution in [1.82, 2.24) is 19.8 Å². The molecule has 0 radical (unpaired) electrons. The number of likely N-dealkylation sites (tertiary alicyclic amines) is 2. The second-order valence-corrected chi connectivity index (χ2v) is 18.5. The van der Waals surface area contributed by atoms with Crippen LogP contribution in [0.1, 0.15) is 67.2 Å². The van der Waals surface area contributed by atoms with Gasteiger partial charge in [-0.05, 0) is 159 Å². The minimum absolute atomic E-state index is 0.0164. The number of carbonyl (C=O) groups is 2. The molecule has 2 aliphatic rings. The van der Waals surface area contributed by atoms with Crippen molar-refractivity contribution >= 4 is 82.4 Å². The lowest BCUT2D eigenvalue weighted by Gasteiger charge is -2.28. The van der Waals surface area contributed by atoms with Gasteiger partial charge in [0, 0.05) is 28.7 Å². The fourth-order valence-electron chi connectivity index (χ4n) is 6.32. The van der Waals surface area contributed by atoms with Gasteiger partial charge in [0.05, 0.1) is 21.1 Å². The van der Waals surface area contributed by atoms with Crippen LogP contribution >= 0.6 is 50.2 Å². The third kappa shape index (κ3) is 10.6. The maximum absolute atomic E-state index is 12.5. The van der Waals surface area contributed by atoms with Crippen molar-refractivity contribution in [3.8, 4) is 22.1 Å². The highest BCUT2D eigenvalue weighted by Crippen LogP contribution is 2.38. The van der Waals surface area contributed by atoms with Crippen LogP contribution < -0.4 is 9.47 Å². The number of rotatable bonds is 8.